The number of hydrogen-bond donors (Lipinski definition) is 1. The molecule has 80 valence electrons. The van der Waals surface area contributed by atoms with Gasteiger partial charge >= 0.3 is 0 Å². The van der Waals surface area contributed by atoms with Crippen molar-refractivity contribution in [3.63, 3.8) is 0 Å². The Morgan fingerprint density at radius 3 is 2.93 bits per heavy atom. The zero-order valence-corrected chi connectivity index (χ0v) is 8.94. The Kier molecular flexibility index (Phi) is 3.02. The van der Waals surface area contributed by atoms with E-state index < -0.39 is 0 Å². The molecule has 0 saturated heterocycles. The number of benzene rings is 1. The van der Waals surface area contributed by atoms with Gasteiger partial charge in [-0.25, -0.2) is 0 Å². The van der Waals surface area contributed by atoms with Gasteiger partial charge in [-0.3, -0.25) is 0 Å². The zero-order valence-electron chi connectivity index (χ0n) is 8.94. The van der Waals surface area contributed by atoms with Crippen molar-refractivity contribution in [1.82, 2.24) is 0 Å². The van der Waals surface area contributed by atoms with Crippen molar-refractivity contribution in [1.29, 1.82) is 0 Å². The first-order chi connectivity index (χ1) is 7.35. The average Bonchev–Trinajstić information content (AvgIpc) is 2.77. The average molecular weight is 204 g/mol. The van der Waals surface area contributed by atoms with Crippen LogP contribution in [0.3, 0.4) is 0 Å². The van der Waals surface area contributed by atoms with Gasteiger partial charge in [0.25, 0.3) is 0 Å². The summed E-state index contributed by atoms with van der Waals surface area (Å²) >= 11 is 0. The molecule has 3 nitrogen and oxygen atoms in total. The fraction of sp³-hybridized carbons (Fsp3) is 0.417. The molecule has 2 rings (SSSR count). The van der Waals surface area contributed by atoms with E-state index in [1.54, 1.807) is 0 Å². The second-order valence-corrected chi connectivity index (χ2v) is 3.72. The molecule has 3 heteroatoms. The molecule has 1 aliphatic rings. The smallest absolute Gasteiger partial charge is 0.145 e. The van der Waals surface area contributed by atoms with E-state index in [1.807, 2.05) is 6.07 Å². The van der Waals surface area contributed by atoms with Crippen molar-refractivity contribution in [3.8, 4) is 0 Å². The summed E-state index contributed by atoms with van der Waals surface area (Å²) < 4.78 is 0. The summed E-state index contributed by atoms with van der Waals surface area (Å²) in [5, 5.41) is 4.10. The molecule has 1 heterocycles. The first kappa shape index (κ1) is 10.2. The predicted molar refractivity (Wildman–Crippen MR) is 60.9 cm³/mol. The van der Waals surface area contributed by atoms with Gasteiger partial charge in [0.2, 0.25) is 0 Å². The first-order valence-corrected chi connectivity index (χ1v) is 5.36. The molecule has 1 atom stereocenters. The topological polar surface area (TPSA) is 47.6 Å². The van der Waals surface area contributed by atoms with Gasteiger partial charge in [-0.05, 0) is 12.0 Å². The molecule has 1 aromatic carbocycles. The van der Waals surface area contributed by atoms with Crippen LogP contribution in [0.15, 0.2) is 29.4 Å². The van der Waals surface area contributed by atoms with Crippen LogP contribution < -0.4 is 5.73 Å². The molecular formula is C12H16N2O. The maximum Gasteiger partial charge on any atom is 0.145 e. The molecule has 0 bridgehead atoms. The molecule has 0 radical (unpaired) electrons. The van der Waals surface area contributed by atoms with E-state index >= 15 is 0 Å². The number of rotatable bonds is 3. The Labute approximate surface area is 89.9 Å². The largest absolute Gasteiger partial charge is 0.390 e. The maximum absolute atomic E-state index is 5.55. The van der Waals surface area contributed by atoms with Crippen LogP contribution in [0.5, 0.6) is 0 Å². The van der Waals surface area contributed by atoms with Gasteiger partial charge < -0.3 is 10.6 Å². The summed E-state index contributed by atoms with van der Waals surface area (Å²) in [6, 6.07) is 8.32. The monoisotopic (exact) mass is 204 g/mol. The van der Waals surface area contributed by atoms with Gasteiger partial charge in [0, 0.05) is 18.5 Å². The van der Waals surface area contributed by atoms with Gasteiger partial charge in [-0.2, -0.15) is 0 Å². The summed E-state index contributed by atoms with van der Waals surface area (Å²) in [5.74, 6) is 0. The highest BCUT2D eigenvalue weighted by Crippen LogP contribution is 2.19. The Bertz CT molecular complexity index is 374. The minimum Gasteiger partial charge on any atom is -0.390 e. The van der Waals surface area contributed by atoms with E-state index in [0.29, 0.717) is 6.54 Å². The van der Waals surface area contributed by atoms with Crippen LogP contribution in [-0.4, -0.2) is 18.4 Å². The Morgan fingerprint density at radius 1 is 1.47 bits per heavy atom. The molecule has 0 saturated carbocycles. The molecule has 1 unspecified atom stereocenters. The minimum atomic E-state index is 0.0601. The highest BCUT2D eigenvalue weighted by atomic mass is 16.6. The van der Waals surface area contributed by atoms with E-state index in [9.17, 15) is 0 Å². The summed E-state index contributed by atoms with van der Waals surface area (Å²) in [6.45, 7) is 2.68. The highest BCUT2D eigenvalue weighted by molar-refractivity contribution is 6.02. The van der Waals surface area contributed by atoms with Crippen LogP contribution >= 0.6 is 0 Å². The highest BCUT2D eigenvalue weighted by Gasteiger charge is 2.21. The molecule has 0 amide bonds. The van der Waals surface area contributed by atoms with Crippen LogP contribution in [-0.2, 0) is 11.3 Å². The molecular weight excluding hydrogens is 188 g/mol. The van der Waals surface area contributed by atoms with Crippen molar-refractivity contribution in [2.45, 2.75) is 25.9 Å². The molecule has 0 spiro atoms. The quantitative estimate of drug-likeness (QED) is 0.814. The molecule has 2 N–H and O–H groups in total. The van der Waals surface area contributed by atoms with Crippen LogP contribution in [0.2, 0.25) is 0 Å². The van der Waals surface area contributed by atoms with Gasteiger partial charge in [-0.1, -0.05) is 36.3 Å². The Morgan fingerprint density at radius 2 is 2.27 bits per heavy atom. The van der Waals surface area contributed by atoms with Crippen LogP contribution in [0.4, 0.5) is 0 Å². The van der Waals surface area contributed by atoms with E-state index in [4.69, 9.17) is 10.6 Å². The number of oxime groups is 1. The lowest BCUT2D eigenvalue weighted by Gasteiger charge is -2.06. The van der Waals surface area contributed by atoms with Crippen molar-refractivity contribution in [2.24, 2.45) is 10.9 Å². The van der Waals surface area contributed by atoms with Crippen LogP contribution in [0, 0.1) is 0 Å². The lowest BCUT2D eigenvalue weighted by Crippen LogP contribution is -2.20. The van der Waals surface area contributed by atoms with Crippen molar-refractivity contribution >= 4 is 5.71 Å². The van der Waals surface area contributed by atoms with Gasteiger partial charge in [-0.15, -0.1) is 0 Å². The third-order valence-corrected chi connectivity index (χ3v) is 2.71. The van der Waals surface area contributed by atoms with E-state index in [0.717, 1.165) is 18.6 Å². The second-order valence-electron chi connectivity index (χ2n) is 3.72. The number of aryl methyl sites for hydroxylation is 1. The van der Waals surface area contributed by atoms with Crippen LogP contribution in [0.25, 0.3) is 0 Å². The fourth-order valence-corrected chi connectivity index (χ4v) is 1.82. The molecule has 15 heavy (non-hydrogen) atoms. The van der Waals surface area contributed by atoms with E-state index in [-0.39, 0.29) is 6.10 Å². The normalized spacial score (nSPS) is 19.9. The number of nitrogens with two attached hydrogens (primary N) is 1. The SMILES string of the molecule is CCc1ccccc1C1=NOC(CN)C1. The fourth-order valence-electron chi connectivity index (χ4n) is 1.82. The minimum absolute atomic E-state index is 0.0601. The lowest BCUT2D eigenvalue weighted by atomic mass is 9.98. The summed E-state index contributed by atoms with van der Waals surface area (Å²) in [7, 11) is 0. The van der Waals surface area contributed by atoms with Gasteiger partial charge in [0.05, 0.1) is 5.71 Å². The zero-order chi connectivity index (χ0) is 10.7. The third-order valence-electron chi connectivity index (χ3n) is 2.71. The molecule has 1 aromatic rings. The van der Waals surface area contributed by atoms with E-state index in [2.05, 4.69) is 30.3 Å². The molecule has 1 aliphatic heterocycles. The Hall–Kier alpha value is -1.35. The molecule has 0 aliphatic carbocycles. The van der Waals surface area contributed by atoms with Crippen molar-refractivity contribution in [3.05, 3.63) is 35.4 Å². The third kappa shape index (κ3) is 2.02. The predicted octanol–water partition coefficient (Wildman–Crippen LogP) is 1.70. The molecule has 0 aromatic heterocycles. The van der Waals surface area contributed by atoms with Crippen LogP contribution in [0.1, 0.15) is 24.5 Å². The number of hydrogen-bond acceptors (Lipinski definition) is 3. The van der Waals surface area contributed by atoms with E-state index in [1.165, 1.54) is 11.1 Å². The van der Waals surface area contributed by atoms with Crippen molar-refractivity contribution in [2.75, 3.05) is 6.54 Å². The first-order valence-electron chi connectivity index (χ1n) is 5.36. The summed E-state index contributed by atoms with van der Waals surface area (Å²) in [4.78, 5) is 5.23. The maximum atomic E-state index is 5.55. The van der Waals surface area contributed by atoms with Crippen molar-refractivity contribution < 1.29 is 4.84 Å². The second kappa shape index (κ2) is 4.45. The molecule has 0 fully saturated rings. The summed E-state index contributed by atoms with van der Waals surface area (Å²) in [6.07, 6.45) is 1.90. The number of nitrogens with zero attached hydrogens (tertiary/aromatic N) is 1. The standard InChI is InChI=1S/C12H16N2O/c1-2-9-5-3-4-6-11(9)12-7-10(8-13)15-14-12/h3-6,10H,2,7-8,13H2,1H3. The van der Waals surface area contributed by atoms with Gasteiger partial charge in [0.15, 0.2) is 0 Å². The van der Waals surface area contributed by atoms with Gasteiger partial charge in [0.1, 0.15) is 6.10 Å². The lowest BCUT2D eigenvalue weighted by molar-refractivity contribution is 0.0918. The Balaban J connectivity index is 2.23. The summed E-state index contributed by atoms with van der Waals surface area (Å²) in [5.41, 5.74) is 9.10.